The molecule has 6 nitrogen and oxygen atoms in total. The molecule has 7 heteroatoms. The molecule has 19 heavy (non-hydrogen) atoms. The zero-order valence-corrected chi connectivity index (χ0v) is 12.0. The monoisotopic (exact) mass is 289 g/mol. The van der Waals surface area contributed by atoms with Gasteiger partial charge in [-0.1, -0.05) is 30.3 Å². The Balaban J connectivity index is 2.87. The Morgan fingerprint density at radius 3 is 2.11 bits per heavy atom. The van der Waals surface area contributed by atoms with E-state index in [1.807, 2.05) is 30.3 Å². The molecule has 0 aliphatic carbocycles. The summed E-state index contributed by atoms with van der Waals surface area (Å²) in [5, 5.41) is 2.68. The van der Waals surface area contributed by atoms with Crippen LogP contribution in [-0.2, 0) is 20.6 Å². The molecule has 0 aliphatic heterocycles. The molecule has 0 radical (unpaired) electrons. The molecule has 1 rings (SSSR count). The fourth-order valence-electron chi connectivity index (χ4n) is 1.62. The van der Waals surface area contributed by atoms with Crippen LogP contribution < -0.4 is 5.32 Å². The number of hydrogen-bond donors (Lipinski definition) is 3. The van der Waals surface area contributed by atoms with Crippen molar-refractivity contribution in [3.8, 4) is 0 Å². The van der Waals surface area contributed by atoms with Gasteiger partial charge in [-0.15, -0.1) is 0 Å². The van der Waals surface area contributed by atoms with Crippen molar-refractivity contribution in [3.05, 3.63) is 35.9 Å². The van der Waals surface area contributed by atoms with Crippen LogP contribution in [0.15, 0.2) is 30.3 Å². The van der Waals surface area contributed by atoms with Gasteiger partial charge in [-0.25, -0.2) is 0 Å². The van der Waals surface area contributed by atoms with Gasteiger partial charge in [0.15, 0.2) is 0 Å². The van der Waals surface area contributed by atoms with Gasteiger partial charge in [0.25, 0.3) is 0 Å². The lowest BCUT2D eigenvalue weighted by Crippen LogP contribution is -2.49. The largest absolute Gasteiger partial charge is 0.401 e. The first-order valence-corrected chi connectivity index (χ1v) is 7.69. The van der Waals surface area contributed by atoms with Gasteiger partial charge in [0.2, 0.25) is 0 Å². The minimum atomic E-state index is -4.63. The summed E-state index contributed by atoms with van der Waals surface area (Å²) < 4.78 is 22.0. The molecule has 0 heterocycles. The highest BCUT2D eigenvalue weighted by Gasteiger charge is 2.49. The fraction of sp³-hybridized carbons (Fsp3) is 0.500. The molecule has 0 saturated heterocycles. The fourth-order valence-corrected chi connectivity index (χ4v) is 2.50. The summed E-state index contributed by atoms with van der Waals surface area (Å²) >= 11 is 0. The Labute approximate surface area is 112 Å². The molecular formula is C12H20NO5P. The van der Waals surface area contributed by atoms with E-state index in [0.717, 1.165) is 5.56 Å². The highest BCUT2D eigenvalue weighted by molar-refractivity contribution is 7.53. The van der Waals surface area contributed by atoms with Crippen molar-refractivity contribution in [2.75, 3.05) is 13.2 Å². The first kappa shape index (κ1) is 16.3. The number of rotatable bonds is 8. The van der Waals surface area contributed by atoms with Crippen LogP contribution in [-0.4, -0.2) is 28.7 Å². The molecule has 108 valence electrons. The van der Waals surface area contributed by atoms with E-state index < -0.39 is 13.2 Å². The maximum absolute atomic E-state index is 11.6. The van der Waals surface area contributed by atoms with E-state index in [1.165, 1.54) is 0 Å². The van der Waals surface area contributed by atoms with Crippen LogP contribution in [0.3, 0.4) is 0 Å². The topological polar surface area (TPSA) is 88.0 Å². The molecule has 0 unspecified atom stereocenters. The van der Waals surface area contributed by atoms with Gasteiger partial charge in [-0.2, -0.15) is 0 Å². The Bertz CT molecular complexity index is 413. The lowest BCUT2D eigenvalue weighted by Gasteiger charge is -2.33. The lowest BCUT2D eigenvalue weighted by atomic mass is 10.2. The van der Waals surface area contributed by atoms with Crippen LogP contribution in [0.25, 0.3) is 0 Å². The van der Waals surface area contributed by atoms with Crippen molar-refractivity contribution in [2.24, 2.45) is 0 Å². The minimum Gasteiger partial charge on any atom is -0.328 e. The van der Waals surface area contributed by atoms with E-state index in [2.05, 4.69) is 5.32 Å². The maximum Gasteiger partial charge on any atom is 0.401 e. The van der Waals surface area contributed by atoms with E-state index in [-0.39, 0.29) is 19.8 Å². The van der Waals surface area contributed by atoms with E-state index in [0.29, 0.717) is 0 Å². The summed E-state index contributed by atoms with van der Waals surface area (Å²) in [5.74, 6) is 0. The Morgan fingerprint density at radius 2 is 1.68 bits per heavy atom. The second kappa shape index (κ2) is 7.14. The van der Waals surface area contributed by atoms with Gasteiger partial charge in [-0.3, -0.25) is 9.88 Å². The van der Waals surface area contributed by atoms with E-state index in [4.69, 9.17) is 9.47 Å². The first-order chi connectivity index (χ1) is 8.95. The second-order valence-corrected chi connectivity index (χ2v) is 5.51. The van der Waals surface area contributed by atoms with Gasteiger partial charge in [0, 0.05) is 19.8 Å². The van der Waals surface area contributed by atoms with Gasteiger partial charge in [0.05, 0.1) is 0 Å². The molecule has 0 spiro atoms. The summed E-state index contributed by atoms with van der Waals surface area (Å²) in [5.41, 5.74) is -1.22. The van der Waals surface area contributed by atoms with Crippen LogP contribution in [0.2, 0.25) is 0 Å². The zero-order valence-electron chi connectivity index (χ0n) is 11.1. The highest BCUT2D eigenvalue weighted by atomic mass is 31.2. The molecule has 0 fully saturated rings. The standard InChI is InChI=1S/C12H20NO5P/c1-3-17-12(18-4-2,19(14,15)16)13-10-11-8-6-5-7-9-11/h5-9,13H,3-4,10H2,1-2H3,(H2,14,15,16). The van der Waals surface area contributed by atoms with Crippen LogP contribution >= 0.6 is 7.60 Å². The predicted octanol–water partition coefficient (Wildman–Crippen LogP) is 1.64. The molecule has 0 aromatic heterocycles. The Hall–Kier alpha value is -0.750. The third-order valence-electron chi connectivity index (χ3n) is 2.42. The summed E-state index contributed by atoms with van der Waals surface area (Å²) in [6.07, 6.45) is 0. The summed E-state index contributed by atoms with van der Waals surface area (Å²) in [6.45, 7) is 3.76. The smallest absolute Gasteiger partial charge is 0.328 e. The number of benzene rings is 1. The maximum atomic E-state index is 11.6. The second-order valence-electron chi connectivity index (χ2n) is 3.83. The van der Waals surface area contributed by atoms with Gasteiger partial charge in [0.1, 0.15) is 0 Å². The van der Waals surface area contributed by atoms with Crippen LogP contribution in [0, 0.1) is 0 Å². The Kier molecular flexibility index (Phi) is 6.13. The van der Waals surface area contributed by atoms with Gasteiger partial charge >= 0.3 is 13.2 Å². The predicted molar refractivity (Wildman–Crippen MR) is 71.3 cm³/mol. The van der Waals surface area contributed by atoms with Crippen molar-refractivity contribution in [1.29, 1.82) is 0 Å². The minimum absolute atomic E-state index is 0.118. The van der Waals surface area contributed by atoms with Crippen LogP contribution in [0.4, 0.5) is 0 Å². The van der Waals surface area contributed by atoms with Crippen LogP contribution in [0.5, 0.6) is 0 Å². The number of ether oxygens (including phenoxy) is 2. The molecule has 0 saturated carbocycles. The zero-order chi connectivity index (χ0) is 14.4. The van der Waals surface area contributed by atoms with Crippen LogP contribution in [0.1, 0.15) is 19.4 Å². The first-order valence-electron chi connectivity index (χ1n) is 6.07. The Morgan fingerprint density at radius 1 is 1.16 bits per heavy atom. The molecule has 1 aromatic rings. The SMILES string of the molecule is CCOC(NCc1ccccc1)(OCC)P(=O)(O)O. The summed E-state index contributed by atoms with van der Waals surface area (Å²) in [7, 11) is -4.63. The van der Waals surface area contributed by atoms with Gasteiger partial charge in [-0.05, 0) is 19.4 Å². The van der Waals surface area contributed by atoms with E-state index in [9.17, 15) is 14.4 Å². The van der Waals surface area contributed by atoms with Crippen molar-refractivity contribution in [2.45, 2.75) is 26.0 Å². The molecule has 3 N–H and O–H groups in total. The summed E-state index contributed by atoms with van der Waals surface area (Å²) in [6, 6.07) is 9.24. The van der Waals surface area contributed by atoms with Crippen molar-refractivity contribution in [1.82, 2.24) is 5.32 Å². The normalized spacial score (nSPS) is 12.6. The van der Waals surface area contributed by atoms with E-state index in [1.54, 1.807) is 13.8 Å². The van der Waals surface area contributed by atoms with E-state index >= 15 is 0 Å². The average Bonchev–Trinajstić information content (AvgIpc) is 2.36. The number of nitrogens with one attached hydrogen (secondary N) is 1. The molecule has 0 atom stereocenters. The summed E-state index contributed by atoms with van der Waals surface area (Å²) in [4.78, 5) is 18.9. The molecule has 0 amide bonds. The van der Waals surface area contributed by atoms with Crippen molar-refractivity contribution in [3.63, 3.8) is 0 Å². The average molecular weight is 289 g/mol. The quantitative estimate of drug-likeness (QED) is 0.498. The molecule has 1 aromatic carbocycles. The highest BCUT2D eigenvalue weighted by Crippen LogP contribution is 2.50. The number of hydrogen-bond acceptors (Lipinski definition) is 4. The van der Waals surface area contributed by atoms with Gasteiger partial charge < -0.3 is 19.3 Å². The van der Waals surface area contributed by atoms with Crippen molar-refractivity contribution >= 4 is 7.60 Å². The molecule has 0 bridgehead atoms. The third-order valence-corrected chi connectivity index (χ3v) is 3.61. The lowest BCUT2D eigenvalue weighted by molar-refractivity contribution is -0.205. The molecular weight excluding hydrogens is 269 g/mol. The third kappa shape index (κ3) is 4.38. The molecule has 0 aliphatic rings. The van der Waals surface area contributed by atoms with Crippen molar-refractivity contribution < 1.29 is 23.8 Å².